The molecule has 0 aliphatic carbocycles. The van der Waals surface area contributed by atoms with E-state index < -0.39 is 30.4 Å². The molecule has 4 N–H and O–H groups in total. The summed E-state index contributed by atoms with van der Waals surface area (Å²) in [5.41, 5.74) is 3.20. The summed E-state index contributed by atoms with van der Waals surface area (Å²) in [5.74, 6) is -3.03. The second-order valence-electron chi connectivity index (χ2n) is 8.26. The lowest BCUT2D eigenvalue weighted by atomic mass is 9.94. The van der Waals surface area contributed by atoms with Gasteiger partial charge in [-0.1, -0.05) is 54.6 Å². The van der Waals surface area contributed by atoms with E-state index in [1.807, 2.05) is 54.6 Å². The molecule has 0 aliphatic heterocycles. The molecule has 0 unspecified atom stereocenters. The zero-order chi connectivity index (χ0) is 24.7. The number of rotatable bonds is 10. The van der Waals surface area contributed by atoms with E-state index in [0.29, 0.717) is 6.42 Å². The number of nitrogens with zero attached hydrogens (tertiary/aromatic N) is 2. The number of hydrogen-bond acceptors (Lipinski definition) is 5. The first kappa shape index (κ1) is 24.7. The Morgan fingerprint density at radius 1 is 1.03 bits per heavy atom. The van der Waals surface area contributed by atoms with Crippen LogP contribution in [-0.4, -0.2) is 69.8 Å². The lowest BCUT2D eigenvalue weighted by molar-refractivity contribution is -0.143. The van der Waals surface area contributed by atoms with E-state index in [1.165, 1.54) is 11.0 Å². The number of carboxylic acid groups (broad SMARTS) is 1. The molecule has 0 radical (unpaired) electrons. The molecule has 1 aromatic heterocycles. The van der Waals surface area contributed by atoms with Crippen LogP contribution in [-0.2, 0) is 11.2 Å². The predicted molar refractivity (Wildman–Crippen MR) is 126 cm³/mol. The van der Waals surface area contributed by atoms with Crippen molar-refractivity contribution in [1.82, 2.24) is 20.4 Å². The van der Waals surface area contributed by atoms with Crippen LogP contribution in [0.15, 0.2) is 60.7 Å². The van der Waals surface area contributed by atoms with Gasteiger partial charge in [-0.05, 0) is 29.5 Å². The molecule has 3 rings (SSSR count). The van der Waals surface area contributed by atoms with E-state index in [-0.39, 0.29) is 23.7 Å². The first-order chi connectivity index (χ1) is 16.3. The largest absolute Gasteiger partial charge is 0.481 e. The molecule has 9 nitrogen and oxygen atoms in total. The van der Waals surface area contributed by atoms with Crippen molar-refractivity contribution in [2.45, 2.75) is 18.9 Å². The maximum Gasteiger partial charge on any atom is 0.308 e. The lowest BCUT2D eigenvalue weighted by Gasteiger charge is -2.21. The highest BCUT2D eigenvalue weighted by molar-refractivity contribution is 5.97. The van der Waals surface area contributed by atoms with Crippen LogP contribution in [0, 0.1) is 5.92 Å². The summed E-state index contributed by atoms with van der Waals surface area (Å²) in [4.78, 5) is 37.7. The first-order valence-corrected chi connectivity index (χ1v) is 10.8. The highest BCUT2D eigenvalue weighted by Gasteiger charge is 2.25. The Morgan fingerprint density at radius 3 is 2.26 bits per heavy atom. The van der Waals surface area contributed by atoms with Crippen LogP contribution in [0.3, 0.4) is 0 Å². The molecule has 9 heteroatoms. The Labute approximate surface area is 197 Å². The van der Waals surface area contributed by atoms with Gasteiger partial charge in [-0.3, -0.25) is 19.5 Å². The van der Waals surface area contributed by atoms with Crippen LogP contribution < -0.4 is 5.32 Å². The normalized spacial score (nSPS) is 12.6. The zero-order valence-corrected chi connectivity index (χ0v) is 19.1. The van der Waals surface area contributed by atoms with Crippen molar-refractivity contribution in [2.24, 2.45) is 5.92 Å². The highest BCUT2D eigenvalue weighted by Crippen LogP contribution is 2.21. The number of benzene rings is 2. The van der Waals surface area contributed by atoms with Gasteiger partial charge in [0.1, 0.15) is 5.69 Å². The number of amides is 2. The molecular weight excluding hydrogens is 436 g/mol. The minimum Gasteiger partial charge on any atom is -0.481 e. The third-order valence-electron chi connectivity index (χ3n) is 5.46. The van der Waals surface area contributed by atoms with Crippen LogP contribution in [0.1, 0.15) is 33.0 Å². The van der Waals surface area contributed by atoms with Gasteiger partial charge in [-0.2, -0.15) is 5.10 Å². The Kier molecular flexibility index (Phi) is 8.15. The number of aliphatic carboxylic acids is 1. The van der Waals surface area contributed by atoms with Gasteiger partial charge in [0.05, 0.1) is 12.5 Å². The van der Waals surface area contributed by atoms with Crippen molar-refractivity contribution in [2.75, 3.05) is 20.7 Å². The number of aliphatic hydroxyl groups is 1. The minimum atomic E-state index is -1.14. The van der Waals surface area contributed by atoms with Crippen LogP contribution >= 0.6 is 0 Å². The monoisotopic (exact) mass is 464 g/mol. The molecule has 34 heavy (non-hydrogen) atoms. The molecule has 0 saturated heterocycles. The number of carbonyl (C=O) groups is 3. The van der Waals surface area contributed by atoms with E-state index in [1.54, 1.807) is 14.1 Å². The molecule has 0 bridgehead atoms. The van der Waals surface area contributed by atoms with Crippen molar-refractivity contribution < 1.29 is 24.6 Å². The predicted octanol–water partition coefficient (Wildman–Crippen LogP) is 2.20. The second-order valence-corrected chi connectivity index (χ2v) is 8.26. The van der Waals surface area contributed by atoms with E-state index in [4.69, 9.17) is 0 Å². The number of carbonyl (C=O) groups excluding carboxylic acids is 2. The van der Waals surface area contributed by atoms with Crippen molar-refractivity contribution in [3.63, 3.8) is 0 Å². The van der Waals surface area contributed by atoms with Crippen LogP contribution in [0.25, 0.3) is 11.1 Å². The molecule has 178 valence electrons. The fourth-order valence-corrected chi connectivity index (χ4v) is 3.59. The summed E-state index contributed by atoms with van der Waals surface area (Å²) in [6, 6.07) is 18.5. The second kappa shape index (κ2) is 11.2. The molecule has 0 saturated carbocycles. The molecule has 2 aromatic carbocycles. The quantitative estimate of drug-likeness (QED) is 0.363. The number of hydrogen-bond donors (Lipinski definition) is 4. The molecule has 3 aromatic rings. The summed E-state index contributed by atoms with van der Waals surface area (Å²) in [6.45, 7) is -0.543. The maximum atomic E-state index is 12.8. The molecule has 2 amide bonds. The molecular formula is C25H28N4O5. The molecule has 0 fully saturated rings. The average Bonchev–Trinajstić information content (AvgIpc) is 3.33. The number of nitrogens with one attached hydrogen (secondary N) is 2. The minimum absolute atomic E-state index is 0.0190. The summed E-state index contributed by atoms with van der Waals surface area (Å²) < 4.78 is 0. The maximum absolute atomic E-state index is 12.8. The van der Waals surface area contributed by atoms with Gasteiger partial charge in [0.25, 0.3) is 11.8 Å². The highest BCUT2D eigenvalue weighted by atomic mass is 16.4. The lowest BCUT2D eigenvalue weighted by Crippen LogP contribution is -2.40. The summed E-state index contributed by atoms with van der Waals surface area (Å²) in [7, 11) is 3.17. The van der Waals surface area contributed by atoms with E-state index >= 15 is 0 Å². The van der Waals surface area contributed by atoms with Gasteiger partial charge in [0.2, 0.25) is 0 Å². The van der Waals surface area contributed by atoms with Crippen LogP contribution in [0.5, 0.6) is 0 Å². The van der Waals surface area contributed by atoms with Gasteiger partial charge in [0, 0.05) is 26.2 Å². The number of aliphatic hydroxyl groups excluding tert-OH is 1. The van der Waals surface area contributed by atoms with Gasteiger partial charge >= 0.3 is 5.97 Å². The van der Waals surface area contributed by atoms with Crippen molar-refractivity contribution in [3.8, 4) is 11.1 Å². The average molecular weight is 465 g/mol. The van der Waals surface area contributed by atoms with Crippen LogP contribution in [0.4, 0.5) is 0 Å². The van der Waals surface area contributed by atoms with Crippen LogP contribution in [0.2, 0.25) is 0 Å². The smallest absolute Gasteiger partial charge is 0.308 e. The Bertz CT molecular complexity index is 1130. The zero-order valence-electron chi connectivity index (χ0n) is 19.1. The fraction of sp³-hybridized carbons (Fsp3) is 0.280. The topological polar surface area (TPSA) is 136 Å². The fourth-order valence-electron chi connectivity index (χ4n) is 3.59. The number of H-pyrrole nitrogens is 1. The van der Waals surface area contributed by atoms with Gasteiger partial charge < -0.3 is 20.4 Å². The molecule has 1 heterocycles. The van der Waals surface area contributed by atoms with Crippen molar-refractivity contribution >= 4 is 17.8 Å². The van der Waals surface area contributed by atoms with Crippen molar-refractivity contribution in [1.29, 1.82) is 0 Å². The molecule has 0 aliphatic rings. The number of aromatic amines is 1. The third kappa shape index (κ3) is 6.29. The summed E-state index contributed by atoms with van der Waals surface area (Å²) in [6.07, 6.45) is 0.393. The third-order valence-corrected chi connectivity index (χ3v) is 5.46. The molecule has 2 atom stereocenters. The van der Waals surface area contributed by atoms with Gasteiger partial charge in [-0.25, -0.2) is 0 Å². The van der Waals surface area contributed by atoms with Gasteiger partial charge in [-0.15, -0.1) is 0 Å². The number of carboxylic acids is 1. The van der Waals surface area contributed by atoms with E-state index in [9.17, 15) is 24.6 Å². The summed E-state index contributed by atoms with van der Waals surface area (Å²) >= 11 is 0. The summed E-state index contributed by atoms with van der Waals surface area (Å²) in [5, 5.41) is 28.1. The first-order valence-electron chi connectivity index (χ1n) is 10.8. The molecule has 0 spiro atoms. The Hall–Kier alpha value is -3.98. The SMILES string of the molecule is CN(C)C(=O)c1cc(C(=O)N[C@H](Cc2ccc(-c3ccccc3)cc2)C[C@H](CO)C(=O)O)n[nH]1. The standard InChI is InChI=1S/C25H28N4O5/c1-29(2)24(32)22-14-21(27-28-22)23(31)26-20(13-19(15-30)25(33)34)12-16-8-10-18(11-9-16)17-6-4-3-5-7-17/h3-11,14,19-20,30H,12-13,15H2,1-2H3,(H,26,31)(H,27,28)(H,33,34)/t19-,20-/m1/s1. The van der Waals surface area contributed by atoms with Gasteiger partial charge in [0.15, 0.2) is 5.69 Å². The van der Waals surface area contributed by atoms with E-state index in [2.05, 4.69) is 15.5 Å². The Balaban J connectivity index is 1.76. The van der Waals surface area contributed by atoms with Crippen molar-refractivity contribution in [3.05, 3.63) is 77.6 Å². The van der Waals surface area contributed by atoms with E-state index in [0.717, 1.165) is 16.7 Å². The number of aromatic nitrogens is 2. The Morgan fingerprint density at radius 2 is 1.68 bits per heavy atom.